The Hall–Kier alpha value is -1.51. The number of nitrogens with zero attached hydrogens (tertiary/aromatic N) is 1. The maximum absolute atomic E-state index is 13.8. The minimum absolute atomic E-state index is 0.112. The predicted octanol–water partition coefficient (Wildman–Crippen LogP) is 0.296. The van der Waals surface area contributed by atoms with Gasteiger partial charge in [0.2, 0.25) is 10.0 Å². The molecule has 1 saturated heterocycles. The lowest BCUT2D eigenvalue weighted by Gasteiger charge is -2.36. The van der Waals surface area contributed by atoms with Crippen LogP contribution in [0.25, 0.3) is 0 Å². The Morgan fingerprint density at radius 2 is 1.90 bits per heavy atom. The Labute approximate surface area is 123 Å². The van der Waals surface area contributed by atoms with Crippen molar-refractivity contribution >= 4 is 15.9 Å². The van der Waals surface area contributed by atoms with Crippen LogP contribution in [0.5, 0.6) is 0 Å². The molecule has 6 nitrogen and oxygen atoms in total. The van der Waals surface area contributed by atoms with E-state index < -0.39 is 20.7 Å². The van der Waals surface area contributed by atoms with Gasteiger partial charge in [-0.1, -0.05) is 0 Å². The van der Waals surface area contributed by atoms with Crippen molar-refractivity contribution in [3.05, 3.63) is 29.6 Å². The highest BCUT2D eigenvalue weighted by Crippen LogP contribution is 2.17. The van der Waals surface area contributed by atoms with Gasteiger partial charge in [0.25, 0.3) is 5.91 Å². The molecule has 2 atom stereocenters. The van der Waals surface area contributed by atoms with Crippen LogP contribution in [0, 0.1) is 5.82 Å². The largest absolute Gasteiger partial charge is 0.336 e. The van der Waals surface area contributed by atoms with Crippen molar-refractivity contribution in [2.24, 2.45) is 5.14 Å². The van der Waals surface area contributed by atoms with Gasteiger partial charge in [-0.25, -0.2) is 17.9 Å². The number of nitrogens with two attached hydrogens (primary N) is 1. The van der Waals surface area contributed by atoms with Crippen LogP contribution in [0.2, 0.25) is 0 Å². The molecular weight excluding hydrogens is 297 g/mol. The summed E-state index contributed by atoms with van der Waals surface area (Å²) in [4.78, 5) is 13.4. The second kappa shape index (κ2) is 5.70. The summed E-state index contributed by atoms with van der Waals surface area (Å²) in [6, 6.07) is 3.51. The van der Waals surface area contributed by atoms with Crippen LogP contribution in [0.4, 0.5) is 4.39 Å². The first-order valence-corrected chi connectivity index (χ1v) is 8.11. The average molecular weight is 315 g/mol. The molecule has 1 fully saturated rings. The van der Waals surface area contributed by atoms with Gasteiger partial charge in [0.1, 0.15) is 10.7 Å². The number of benzene rings is 1. The van der Waals surface area contributed by atoms with Crippen molar-refractivity contribution in [3.8, 4) is 0 Å². The summed E-state index contributed by atoms with van der Waals surface area (Å²) in [5.41, 5.74) is 0.112. The van der Waals surface area contributed by atoms with E-state index in [1.807, 2.05) is 13.8 Å². The first-order valence-electron chi connectivity index (χ1n) is 6.56. The smallest absolute Gasteiger partial charge is 0.254 e. The van der Waals surface area contributed by atoms with Crippen LogP contribution in [0.1, 0.15) is 24.2 Å². The lowest BCUT2D eigenvalue weighted by molar-refractivity contribution is 0.0673. The molecule has 2 rings (SSSR count). The fourth-order valence-electron chi connectivity index (χ4n) is 2.54. The summed E-state index contributed by atoms with van der Waals surface area (Å²) in [6.07, 6.45) is 0. The highest BCUT2D eigenvalue weighted by atomic mass is 32.2. The zero-order chi connectivity index (χ0) is 15.8. The van der Waals surface area contributed by atoms with Gasteiger partial charge in [0.05, 0.1) is 0 Å². The Balaban J connectivity index is 2.26. The Bertz CT molecular complexity index is 653. The van der Waals surface area contributed by atoms with E-state index in [-0.39, 0.29) is 23.6 Å². The van der Waals surface area contributed by atoms with Crippen LogP contribution in [-0.2, 0) is 10.0 Å². The number of nitrogens with one attached hydrogen (secondary N) is 1. The molecule has 116 valence electrons. The lowest BCUT2D eigenvalue weighted by Crippen LogP contribution is -2.55. The monoisotopic (exact) mass is 315 g/mol. The molecule has 0 aliphatic carbocycles. The number of sulfonamides is 1. The van der Waals surface area contributed by atoms with Crippen LogP contribution in [0.3, 0.4) is 0 Å². The topological polar surface area (TPSA) is 92.5 Å². The number of hydrogen-bond acceptors (Lipinski definition) is 4. The highest BCUT2D eigenvalue weighted by molar-refractivity contribution is 7.89. The predicted molar refractivity (Wildman–Crippen MR) is 75.7 cm³/mol. The molecule has 21 heavy (non-hydrogen) atoms. The van der Waals surface area contributed by atoms with Gasteiger partial charge < -0.3 is 10.2 Å². The molecule has 1 aliphatic heterocycles. The number of carbonyl (C=O) groups is 1. The zero-order valence-corrected chi connectivity index (χ0v) is 12.7. The maximum Gasteiger partial charge on any atom is 0.254 e. The molecule has 0 spiro atoms. The SMILES string of the molecule is C[C@@H]1CN(C(=O)c2ccc(S(N)(=O)=O)c(F)c2)C[C@@H](C)N1. The number of hydrogen-bond donors (Lipinski definition) is 2. The third-order valence-electron chi connectivity index (χ3n) is 3.33. The summed E-state index contributed by atoms with van der Waals surface area (Å²) in [5, 5.41) is 8.18. The first-order chi connectivity index (χ1) is 9.68. The van der Waals surface area contributed by atoms with Gasteiger partial charge >= 0.3 is 0 Å². The Kier molecular flexibility index (Phi) is 4.31. The number of piperazine rings is 1. The molecule has 0 aromatic heterocycles. The highest BCUT2D eigenvalue weighted by Gasteiger charge is 2.26. The summed E-state index contributed by atoms with van der Waals surface area (Å²) in [6.45, 7) is 4.95. The number of primary sulfonamides is 1. The number of rotatable bonds is 2. The van der Waals surface area contributed by atoms with Crippen molar-refractivity contribution < 1.29 is 17.6 Å². The molecule has 0 unspecified atom stereocenters. The average Bonchev–Trinajstić information content (AvgIpc) is 2.35. The van der Waals surface area contributed by atoms with Gasteiger partial charge in [0.15, 0.2) is 0 Å². The van der Waals surface area contributed by atoms with E-state index >= 15 is 0 Å². The van der Waals surface area contributed by atoms with Crippen molar-refractivity contribution in [2.75, 3.05) is 13.1 Å². The van der Waals surface area contributed by atoms with Gasteiger partial charge in [-0.2, -0.15) is 0 Å². The molecule has 8 heteroatoms. The minimum Gasteiger partial charge on any atom is -0.336 e. The Morgan fingerprint density at radius 3 is 2.38 bits per heavy atom. The molecule has 1 heterocycles. The molecule has 1 aromatic rings. The normalized spacial score (nSPS) is 23.1. The number of halogens is 1. The van der Waals surface area contributed by atoms with Crippen LogP contribution < -0.4 is 10.5 Å². The third kappa shape index (κ3) is 3.58. The quantitative estimate of drug-likeness (QED) is 0.821. The number of carbonyl (C=O) groups excluding carboxylic acids is 1. The van der Waals surface area contributed by atoms with E-state index in [2.05, 4.69) is 5.32 Å². The summed E-state index contributed by atoms with van der Waals surface area (Å²) >= 11 is 0. The van der Waals surface area contributed by atoms with Crippen molar-refractivity contribution in [1.29, 1.82) is 0 Å². The molecule has 1 amide bonds. The van der Waals surface area contributed by atoms with Crippen LogP contribution >= 0.6 is 0 Å². The van der Waals surface area contributed by atoms with Gasteiger partial charge in [0, 0.05) is 30.7 Å². The Morgan fingerprint density at radius 1 is 1.33 bits per heavy atom. The van der Waals surface area contributed by atoms with Crippen molar-refractivity contribution in [1.82, 2.24) is 10.2 Å². The molecule has 0 bridgehead atoms. The lowest BCUT2D eigenvalue weighted by atomic mass is 10.1. The molecule has 0 saturated carbocycles. The third-order valence-corrected chi connectivity index (χ3v) is 4.27. The van der Waals surface area contributed by atoms with E-state index in [9.17, 15) is 17.6 Å². The van der Waals surface area contributed by atoms with Crippen LogP contribution in [0.15, 0.2) is 23.1 Å². The standard InChI is InChI=1S/C13H18FN3O3S/c1-8-6-17(7-9(2)16-8)13(18)10-3-4-12(11(14)5-10)21(15,19)20/h3-5,8-9,16H,6-7H2,1-2H3,(H2,15,19,20)/t8-,9-/m1/s1. The summed E-state index contributed by atoms with van der Waals surface area (Å²) in [5.74, 6) is -1.34. The van der Waals surface area contributed by atoms with E-state index in [4.69, 9.17) is 5.14 Å². The van der Waals surface area contributed by atoms with E-state index in [0.717, 1.165) is 12.1 Å². The van der Waals surface area contributed by atoms with Gasteiger partial charge in [-0.05, 0) is 32.0 Å². The maximum atomic E-state index is 13.8. The van der Waals surface area contributed by atoms with Gasteiger partial charge in [-0.15, -0.1) is 0 Å². The van der Waals surface area contributed by atoms with Gasteiger partial charge in [-0.3, -0.25) is 4.79 Å². The van der Waals surface area contributed by atoms with E-state index in [0.29, 0.717) is 13.1 Å². The van der Waals surface area contributed by atoms with Crippen molar-refractivity contribution in [2.45, 2.75) is 30.8 Å². The molecule has 1 aromatic carbocycles. The fourth-order valence-corrected chi connectivity index (χ4v) is 3.13. The molecular formula is C13H18FN3O3S. The minimum atomic E-state index is -4.13. The van der Waals surface area contributed by atoms with Crippen molar-refractivity contribution in [3.63, 3.8) is 0 Å². The van der Waals surface area contributed by atoms with E-state index in [1.165, 1.54) is 6.07 Å². The van der Waals surface area contributed by atoms with E-state index in [1.54, 1.807) is 4.90 Å². The molecule has 1 aliphatic rings. The summed E-state index contributed by atoms with van der Waals surface area (Å²) in [7, 11) is -4.13. The molecule has 0 radical (unpaired) electrons. The zero-order valence-electron chi connectivity index (χ0n) is 11.8. The second-order valence-corrected chi connectivity index (χ2v) is 6.90. The first kappa shape index (κ1) is 15.9. The van der Waals surface area contributed by atoms with Crippen LogP contribution in [-0.4, -0.2) is 44.4 Å². The second-order valence-electron chi connectivity index (χ2n) is 5.37. The fraction of sp³-hybridized carbons (Fsp3) is 0.462. The molecule has 3 N–H and O–H groups in total. The number of amides is 1. The summed E-state index contributed by atoms with van der Waals surface area (Å²) < 4.78 is 36.1.